The van der Waals surface area contributed by atoms with Gasteiger partial charge in [0.25, 0.3) is 5.88 Å². The lowest BCUT2D eigenvalue weighted by atomic mass is 10.2. The van der Waals surface area contributed by atoms with Crippen LogP contribution in [0.3, 0.4) is 0 Å². The highest BCUT2D eigenvalue weighted by atomic mass is 16.5. The summed E-state index contributed by atoms with van der Waals surface area (Å²) in [6, 6.07) is 7.83. The predicted octanol–water partition coefficient (Wildman–Crippen LogP) is 1.75. The minimum absolute atomic E-state index is 0.150. The number of nitrogens with zero attached hydrogens (tertiary/aromatic N) is 1. The number of benzene rings is 1. The summed E-state index contributed by atoms with van der Waals surface area (Å²) < 4.78 is 4.81. The van der Waals surface area contributed by atoms with Crippen LogP contribution in [0.5, 0.6) is 11.6 Å². The smallest absolute Gasteiger partial charge is 0.252 e. The van der Waals surface area contributed by atoms with Crippen LogP contribution in [0.1, 0.15) is 0 Å². The Kier molecular flexibility index (Phi) is 1.66. The normalized spacial score (nSPS) is 10.2. The molecule has 0 bridgehead atoms. The fraction of sp³-hybridized carbons (Fsp3) is 0. The third-order valence-electron chi connectivity index (χ3n) is 1.65. The first-order valence-corrected chi connectivity index (χ1v) is 3.71. The third kappa shape index (κ3) is 1.46. The number of aromatic nitrogens is 1. The Hall–Kier alpha value is -1.97. The first kappa shape index (κ1) is 7.67. The van der Waals surface area contributed by atoms with Crippen LogP contribution in [-0.2, 0) is 0 Å². The van der Waals surface area contributed by atoms with Crippen LogP contribution in [0.15, 0.2) is 34.9 Å². The SMILES string of the molecule is Oc1ccc(-c2cc(O)no2)cc1. The summed E-state index contributed by atoms with van der Waals surface area (Å²) in [5.41, 5.74) is 0.755. The van der Waals surface area contributed by atoms with Gasteiger partial charge >= 0.3 is 0 Å². The van der Waals surface area contributed by atoms with E-state index in [1.54, 1.807) is 12.1 Å². The minimum atomic E-state index is -0.150. The molecule has 0 aliphatic rings. The molecule has 1 aromatic carbocycles. The van der Waals surface area contributed by atoms with E-state index in [1.165, 1.54) is 18.2 Å². The van der Waals surface area contributed by atoms with E-state index in [0.29, 0.717) is 5.76 Å². The van der Waals surface area contributed by atoms with Crippen molar-refractivity contribution < 1.29 is 14.7 Å². The molecule has 66 valence electrons. The Balaban J connectivity index is 2.41. The van der Waals surface area contributed by atoms with Crippen LogP contribution >= 0.6 is 0 Å². The second-order valence-electron chi connectivity index (χ2n) is 2.60. The third-order valence-corrected chi connectivity index (χ3v) is 1.65. The number of hydrogen-bond donors (Lipinski definition) is 2. The van der Waals surface area contributed by atoms with Gasteiger partial charge in [-0.2, -0.15) is 0 Å². The molecule has 2 rings (SSSR count). The molecule has 0 saturated carbocycles. The quantitative estimate of drug-likeness (QED) is 0.696. The van der Waals surface area contributed by atoms with Gasteiger partial charge < -0.3 is 14.7 Å². The van der Waals surface area contributed by atoms with Crippen molar-refractivity contribution in [1.82, 2.24) is 5.16 Å². The van der Waals surface area contributed by atoms with Crippen LogP contribution in [0.2, 0.25) is 0 Å². The van der Waals surface area contributed by atoms with Gasteiger partial charge in [-0.3, -0.25) is 0 Å². The fourth-order valence-electron chi connectivity index (χ4n) is 1.03. The molecule has 0 spiro atoms. The fourth-order valence-corrected chi connectivity index (χ4v) is 1.03. The molecule has 0 radical (unpaired) electrons. The molecule has 0 aliphatic heterocycles. The topological polar surface area (TPSA) is 66.5 Å². The van der Waals surface area contributed by atoms with Crippen molar-refractivity contribution in [1.29, 1.82) is 0 Å². The molecule has 0 amide bonds. The molecule has 1 aromatic heterocycles. The number of hydrogen-bond acceptors (Lipinski definition) is 4. The number of phenols is 1. The van der Waals surface area contributed by atoms with Crippen LogP contribution in [0.25, 0.3) is 11.3 Å². The number of rotatable bonds is 1. The van der Waals surface area contributed by atoms with Gasteiger partial charge in [-0.15, -0.1) is 0 Å². The summed E-state index contributed by atoms with van der Waals surface area (Å²) in [5.74, 6) is 0.507. The van der Waals surface area contributed by atoms with Crippen LogP contribution in [0, 0.1) is 0 Å². The summed E-state index contributed by atoms with van der Waals surface area (Å²) in [6.45, 7) is 0. The second-order valence-corrected chi connectivity index (χ2v) is 2.60. The highest BCUT2D eigenvalue weighted by Crippen LogP contribution is 2.24. The lowest BCUT2D eigenvalue weighted by Crippen LogP contribution is -1.71. The van der Waals surface area contributed by atoms with Crippen molar-refractivity contribution in [3.63, 3.8) is 0 Å². The molecule has 4 heteroatoms. The minimum Gasteiger partial charge on any atom is -0.508 e. The molecule has 2 N–H and O–H groups in total. The van der Waals surface area contributed by atoms with Gasteiger partial charge in [0.05, 0.1) is 0 Å². The Morgan fingerprint density at radius 3 is 2.31 bits per heavy atom. The summed E-state index contributed by atoms with van der Waals surface area (Å²) in [6.07, 6.45) is 0. The molecule has 2 aromatic rings. The summed E-state index contributed by atoms with van der Waals surface area (Å²) in [4.78, 5) is 0. The molecular weight excluding hydrogens is 170 g/mol. The maximum atomic E-state index is 9.01. The Bertz CT molecular complexity index is 405. The average molecular weight is 177 g/mol. The standard InChI is InChI=1S/C9H7NO3/c11-7-3-1-6(2-4-7)8-5-9(12)10-13-8/h1-5,11H,(H,10,12). The molecular formula is C9H7NO3. The van der Waals surface area contributed by atoms with Crippen LogP contribution in [0.4, 0.5) is 0 Å². The van der Waals surface area contributed by atoms with Gasteiger partial charge in [-0.25, -0.2) is 0 Å². The lowest BCUT2D eigenvalue weighted by molar-refractivity contribution is 0.365. The zero-order valence-electron chi connectivity index (χ0n) is 6.64. The van der Waals surface area contributed by atoms with E-state index < -0.39 is 0 Å². The average Bonchev–Trinajstić information content (AvgIpc) is 2.53. The zero-order valence-corrected chi connectivity index (χ0v) is 6.64. The van der Waals surface area contributed by atoms with Crippen molar-refractivity contribution in [2.24, 2.45) is 0 Å². The predicted molar refractivity (Wildman–Crippen MR) is 45.3 cm³/mol. The molecule has 13 heavy (non-hydrogen) atoms. The van der Waals surface area contributed by atoms with E-state index in [0.717, 1.165) is 5.56 Å². The molecule has 0 unspecified atom stereocenters. The lowest BCUT2D eigenvalue weighted by Gasteiger charge is -1.94. The molecule has 0 fully saturated rings. The summed E-state index contributed by atoms with van der Waals surface area (Å²) in [7, 11) is 0. The molecule has 0 saturated heterocycles. The van der Waals surface area contributed by atoms with Crippen molar-refractivity contribution in [2.75, 3.05) is 0 Å². The first-order chi connectivity index (χ1) is 6.25. The van der Waals surface area contributed by atoms with Crippen molar-refractivity contribution in [3.8, 4) is 23.0 Å². The largest absolute Gasteiger partial charge is 0.508 e. The Labute approximate surface area is 74.0 Å². The van der Waals surface area contributed by atoms with Crippen molar-refractivity contribution in [2.45, 2.75) is 0 Å². The number of aromatic hydroxyl groups is 2. The Morgan fingerprint density at radius 2 is 1.77 bits per heavy atom. The van der Waals surface area contributed by atoms with Crippen molar-refractivity contribution in [3.05, 3.63) is 30.3 Å². The maximum Gasteiger partial charge on any atom is 0.252 e. The van der Waals surface area contributed by atoms with Crippen LogP contribution < -0.4 is 0 Å². The van der Waals surface area contributed by atoms with Gasteiger partial charge in [0.2, 0.25) is 0 Å². The van der Waals surface area contributed by atoms with Crippen molar-refractivity contribution >= 4 is 0 Å². The molecule has 0 aliphatic carbocycles. The summed E-state index contributed by atoms with van der Waals surface area (Å²) in [5, 5.41) is 21.3. The highest BCUT2D eigenvalue weighted by Gasteiger charge is 2.04. The molecule has 4 nitrogen and oxygen atoms in total. The molecule has 1 heterocycles. The highest BCUT2D eigenvalue weighted by molar-refractivity contribution is 5.58. The second kappa shape index (κ2) is 2.82. The first-order valence-electron chi connectivity index (χ1n) is 3.71. The van der Waals surface area contributed by atoms with Gasteiger partial charge in [0.15, 0.2) is 5.76 Å². The van der Waals surface area contributed by atoms with Gasteiger partial charge in [-0.1, -0.05) is 0 Å². The van der Waals surface area contributed by atoms with E-state index in [2.05, 4.69) is 5.16 Å². The van der Waals surface area contributed by atoms with Gasteiger partial charge in [0, 0.05) is 11.6 Å². The van der Waals surface area contributed by atoms with E-state index in [4.69, 9.17) is 14.7 Å². The van der Waals surface area contributed by atoms with Gasteiger partial charge in [0.1, 0.15) is 5.75 Å². The van der Waals surface area contributed by atoms with Gasteiger partial charge in [-0.05, 0) is 29.4 Å². The maximum absolute atomic E-state index is 9.01. The van der Waals surface area contributed by atoms with E-state index in [-0.39, 0.29) is 11.6 Å². The summed E-state index contributed by atoms with van der Waals surface area (Å²) >= 11 is 0. The number of phenolic OH excluding ortho intramolecular Hbond substituents is 1. The van der Waals surface area contributed by atoms with E-state index in [1.807, 2.05) is 0 Å². The monoisotopic (exact) mass is 177 g/mol. The van der Waals surface area contributed by atoms with E-state index >= 15 is 0 Å². The zero-order chi connectivity index (χ0) is 9.26. The Morgan fingerprint density at radius 1 is 1.08 bits per heavy atom. The molecule has 0 atom stereocenters. The van der Waals surface area contributed by atoms with Crippen LogP contribution in [-0.4, -0.2) is 15.4 Å². The van der Waals surface area contributed by atoms with E-state index in [9.17, 15) is 0 Å².